The van der Waals surface area contributed by atoms with E-state index in [0.29, 0.717) is 19.6 Å². The molecule has 1 saturated heterocycles. The number of carbonyl (C=O) groups excluding carboxylic acids is 1. The fourth-order valence-electron chi connectivity index (χ4n) is 2.11. The van der Waals surface area contributed by atoms with Crippen molar-refractivity contribution in [3.8, 4) is 0 Å². The third-order valence-corrected chi connectivity index (χ3v) is 3.79. The van der Waals surface area contributed by atoms with Gasteiger partial charge in [-0.05, 0) is 25.0 Å². The fraction of sp³-hybridized carbons (Fsp3) is 0.571. The molecule has 1 aliphatic rings. The van der Waals surface area contributed by atoms with E-state index in [1.54, 1.807) is 0 Å². The van der Waals surface area contributed by atoms with Crippen LogP contribution in [0.15, 0.2) is 18.3 Å². The van der Waals surface area contributed by atoms with Crippen LogP contribution in [-0.2, 0) is 22.4 Å². The zero-order valence-corrected chi connectivity index (χ0v) is 11.0. The Bertz CT molecular complexity index is 430. The summed E-state index contributed by atoms with van der Waals surface area (Å²) >= 11 is 0. The van der Waals surface area contributed by atoms with Crippen LogP contribution in [0.2, 0.25) is 0 Å². The highest BCUT2D eigenvalue weighted by Gasteiger charge is 2.43. The molecule has 0 spiro atoms. The summed E-state index contributed by atoms with van der Waals surface area (Å²) < 4.78 is 5.30. The number of pyridine rings is 1. The van der Waals surface area contributed by atoms with Crippen molar-refractivity contribution < 1.29 is 9.53 Å². The molecule has 0 aromatic carbocycles. The van der Waals surface area contributed by atoms with Gasteiger partial charge in [0.15, 0.2) is 0 Å². The number of aromatic nitrogens is 1. The third-order valence-electron chi connectivity index (χ3n) is 3.79. The Hall–Kier alpha value is -1.26. The van der Waals surface area contributed by atoms with Crippen LogP contribution in [0.1, 0.15) is 25.1 Å². The molecule has 0 saturated carbocycles. The second-order valence-corrected chi connectivity index (χ2v) is 5.15. The molecule has 1 aromatic heterocycles. The molecule has 4 nitrogen and oxygen atoms in total. The zero-order chi connectivity index (χ0) is 13.2. The number of nitrogens with zero attached hydrogens (tertiary/aromatic N) is 1. The topological polar surface area (TPSA) is 65.2 Å². The maximum atomic E-state index is 12.3. The average molecular weight is 248 g/mol. The Balaban J connectivity index is 2.06. The summed E-state index contributed by atoms with van der Waals surface area (Å²) in [6.45, 7) is 4.84. The first-order valence-corrected chi connectivity index (χ1v) is 6.36. The van der Waals surface area contributed by atoms with Gasteiger partial charge in [-0.15, -0.1) is 0 Å². The molecule has 98 valence electrons. The predicted octanol–water partition coefficient (Wildman–Crippen LogP) is 1.12. The highest BCUT2D eigenvalue weighted by Crippen LogP contribution is 2.29. The van der Waals surface area contributed by atoms with E-state index in [4.69, 9.17) is 10.5 Å². The molecular weight excluding hydrogens is 228 g/mol. The lowest BCUT2D eigenvalue weighted by molar-refractivity contribution is -0.127. The van der Waals surface area contributed by atoms with Crippen LogP contribution in [0.25, 0.3) is 0 Å². The highest BCUT2D eigenvalue weighted by atomic mass is 16.5. The molecule has 0 bridgehead atoms. The van der Waals surface area contributed by atoms with Gasteiger partial charge in [-0.3, -0.25) is 9.78 Å². The summed E-state index contributed by atoms with van der Waals surface area (Å²) in [5, 5.41) is 0. The van der Waals surface area contributed by atoms with Crippen molar-refractivity contribution in [3.63, 3.8) is 0 Å². The number of rotatable bonds is 4. The van der Waals surface area contributed by atoms with Crippen LogP contribution in [0, 0.1) is 5.41 Å². The van der Waals surface area contributed by atoms with Crippen molar-refractivity contribution in [2.24, 2.45) is 11.1 Å². The third kappa shape index (κ3) is 2.44. The van der Waals surface area contributed by atoms with Crippen LogP contribution < -0.4 is 5.73 Å². The van der Waals surface area contributed by atoms with Crippen molar-refractivity contribution in [1.82, 2.24) is 4.98 Å². The molecule has 2 unspecified atom stereocenters. The van der Waals surface area contributed by atoms with Crippen LogP contribution in [0.5, 0.6) is 0 Å². The molecule has 2 N–H and O–H groups in total. The maximum Gasteiger partial charge on any atom is 0.148 e. The molecule has 2 heterocycles. The van der Waals surface area contributed by atoms with E-state index in [1.807, 2.05) is 25.3 Å². The van der Waals surface area contributed by atoms with Crippen molar-refractivity contribution in [2.75, 3.05) is 13.2 Å². The largest absolute Gasteiger partial charge is 0.379 e. The van der Waals surface area contributed by atoms with Crippen molar-refractivity contribution in [1.29, 1.82) is 0 Å². The minimum Gasteiger partial charge on any atom is -0.379 e. The standard InChI is InChI=1S/C14H20N2O2/c1-3-10-4-5-11(16-7-10)6-13(17)14(2)9-18-8-12(14)15/h4-5,7,12H,3,6,8-9,15H2,1-2H3. The van der Waals surface area contributed by atoms with Gasteiger partial charge in [0.25, 0.3) is 0 Å². The first kappa shape index (κ1) is 13.2. The van der Waals surface area contributed by atoms with Gasteiger partial charge in [-0.1, -0.05) is 13.0 Å². The van der Waals surface area contributed by atoms with E-state index in [1.165, 1.54) is 5.56 Å². The Morgan fingerprint density at radius 1 is 1.61 bits per heavy atom. The summed E-state index contributed by atoms with van der Waals surface area (Å²) in [6, 6.07) is 3.73. The number of carbonyl (C=O) groups is 1. The second kappa shape index (κ2) is 5.16. The first-order valence-electron chi connectivity index (χ1n) is 6.36. The normalized spacial score (nSPS) is 27.4. The molecule has 1 fully saturated rings. The smallest absolute Gasteiger partial charge is 0.148 e. The van der Waals surface area contributed by atoms with Gasteiger partial charge in [0, 0.05) is 24.4 Å². The molecule has 1 aliphatic heterocycles. The molecule has 2 rings (SSSR count). The molecule has 0 aliphatic carbocycles. The molecule has 2 atom stereocenters. The monoisotopic (exact) mass is 248 g/mol. The second-order valence-electron chi connectivity index (χ2n) is 5.15. The van der Waals surface area contributed by atoms with E-state index in [0.717, 1.165) is 12.1 Å². The van der Waals surface area contributed by atoms with Gasteiger partial charge in [0.05, 0.1) is 18.6 Å². The van der Waals surface area contributed by atoms with E-state index in [2.05, 4.69) is 11.9 Å². The number of aryl methyl sites for hydroxylation is 1. The summed E-state index contributed by atoms with van der Waals surface area (Å²) in [6.07, 6.45) is 3.12. The minimum absolute atomic E-state index is 0.115. The summed E-state index contributed by atoms with van der Waals surface area (Å²) in [5.74, 6) is 0.115. The molecule has 0 amide bonds. The average Bonchev–Trinajstić information content (AvgIpc) is 2.72. The number of nitrogens with two attached hydrogens (primary N) is 1. The predicted molar refractivity (Wildman–Crippen MR) is 69.2 cm³/mol. The number of hydrogen-bond acceptors (Lipinski definition) is 4. The van der Waals surface area contributed by atoms with Crippen LogP contribution in [-0.4, -0.2) is 30.0 Å². The van der Waals surface area contributed by atoms with Gasteiger partial charge in [-0.25, -0.2) is 0 Å². The summed E-state index contributed by atoms with van der Waals surface area (Å²) in [5.41, 5.74) is 7.37. The van der Waals surface area contributed by atoms with Gasteiger partial charge < -0.3 is 10.5 Å². The van der Waals surface area contributed by atoms with E-state index < -0.39 is 5.41 Å². The molecule has 0 radical (unpaired) electrons. The zero-order valence-electron chi connectivity index (χ0n) is 11.0. The molecule has 1 aromatic rings. The lowest BCUT2D eigenvalue weighted by Crippen LogP contribution is -2.45. The number of hydrogen-bond donors (Lipinski definition) is 1. The van der Waals surface area contributed by atoms with Gasteiger partial charge in [-0.2, -0.15) is 0 Å². The van der Waals surface area contributed by atoms with E-state index in [9.17, 15) is 4.79 Å². The van der Waals surface area contributed by atoms with Gasteiger partial charge in [0.1, 0.15) is 5.78 Å². The lowest BCUT2D eigenvalue weighted by atomic mass is 9.79. The Morgan fingerprint density at radius 3 is 2.89 bits per heavy atom. The van der Waals surface area contributed by atoms with Crippen molar-refractivity contribution in [3.05, 3.63) is 29.6 Å². The Kier molecular flexibility index (Phi) is 3.78. The Morgan fingerprint density at radius 2 is 2.39 bits per heavy atom. The number of Topliss-reactive ketones (excluding diaryl/α,β-unsaturated/α-hetero) is 1. The van der Waals surface area contributed by atoms with Crippen molar-refractivity contribution in [2.45, 2.75) is 32.7 Å². The van der Waals surface area contributed by atoms with E-state index >= 15 is 0 Å². The fourth-order valence-corrected chi connectivity index (χ4v) is 2.11. The van der Waals surface area contributed by atoms with Crippen LogP contribution in [0.4, 0.5) is 0 Å². The molecule has 4 heteroatoms. The van der Waals surface area contributed by atoms with Crippen molar-refractivity contribution >= 4 is 5.78 Å². The maximum absolute atomic E-state index is 12.3. The van der Waals surface area contributed by atoms with Crippen LogP contribution >= 0.6 is 0 Å². The van der Waals surface area contributed by atoms with E-state index in [-0.39, 0.29) is 11.8 Å². The SMILES string of the molecule is CCc1ccc(CC(=O)C2(C)COCC2N)nc1. The number of ether oxygens (including phenoxy) is 1. The Labute approximate surface area is 108 Å². The number of ketones is 1. The summed E-state index contributed by atoms with van der Waals surface area (Å²) in [7, 11) is 0. The first-order chi connectivity index (χ1) is 8.56. The van der Waals surface area contributed by atoms with Gasteiger partial charge in [0.2, 0.25) is 0 Å². The minimum atomic E-state index is -0.564. The lowest BCUT2D eigenvalue weighted by Gasteiger charge is -2.24. The molecule has 18 heavy (non-hydrogen) atoms. The van der Waals surface area contributed by atoms with Crippen LogP contribution in [0.3, 0.4) is 0 Å². The summed E-state index contributed by atoms with van der Waals surface area (Å²) in [4.78, 5) is 16.6. The van der Waals surface area contributed by atoms with Gasteiger partial charge >= 0.3 is 0 Å². The highest BCUT2D eigenvalue weighted by molar-refractivity contribution is 5.87. The quantitative estimate of drug-likeness (QED) is 0.867. The molecular formula is C14H20N2O2.